The Morgan fingerprint density at radius 1 is 1.32 bits per heavy atom. The van der Waals surface area contributed by atoms with Crippen LogP contribution in [0.5, 0.6) is 0 Å². The standard InChI is InChI=1S/C19H27N3O3/c23-18(17-3-1-5-20-12-17)22-6-2-4-19(15-22)11-16(14-25-19)13-21-7-9-24-10-8-21/h1,3,5,12,16H,2,4,6-11,13-15H2. The highest BCUT2D eigenvalue weighted by molar-refractivity contribution is 5.94. The third kappa shape index (κ3) is 3.86. The maximum Gasteiger partial charge on any atom is 0.255 e. The molecule has 3 saturated heterocycles. The molecule has 2 unspecified atom stereocenters. The summed E-state index contributed by atoms with van der Waals surface area (Å²) in [6, 6.07) is 3.66. The third-order valence-electron chi connectivity index (χ3n) is 5.64. The van der Waals surface area contributed by atoms with Crippen molar-refractivity contribution < 1.29 is 14.3 Å². The van der Waals surface area contributed by atoms with Crippen molar-refractivity contribution in [3.8, 4) is 0 Å². The van der Waals surface area contributed by atoms with Gasteiger partial charge >= 0.3 is 0 Å². The van der Waals surface area contributed by atoms with E-state index in [4.69, 9.17) is 9.47 Å². The fraction of sp³-hybridized carbons (Fsp3) is 0.684. The molecule has 0 aromatic carbocycles. The Balaban J connectivity index is 1.36. The summed E-state index contributed by atoms with van der Waals surface area (Å²) in [4.78, 5) is 21.3. The van der Waals surface area contributed by atoms with E-state index in [-0.39, 0.29) is 11.5 Å². The molecule has 3 aliphatic rings. The lowest BCUT2D eigenvalue weighted by Crippen LogP contribution is -2.50. The monoisotopic (exact) mass is 345 g/mol. The Hall–Kier alpha value is -1.50. The maximum absolute atomic E-state index is 12.7. The summed E-state index contributed by atoms with van der Waals surface area (Å²) in [6.45, 7) is 7.14. The van der Waals surface area contributed by atoms with Gasteiger partial charge in [-0.2, -0.15) is 0 Å². The minimum Gasteiger partial charge on any atom is -0.379 e. The van der Waals surface area contributed by atoms with Crippen molar-refractivity contribution in [3.05, 3.63) is 30.1 Å². The highest BCUT2D eigenvalue weighted by Crippen LogP contribution is 2.38. The predicted molar refractivity (Wildman–Crippen MR) is 93.4 cm³/mol. The first kappa shape index (κ1) is 16.9. The quantitative estimate of drug-likeness (QED) is 0.829. The van der Waals surface area contributed by atoms with Gasteiger partial charge in [-0.15, -0.1) is 0 Å². The molecule has 0 aliphatic carbocycles. The number of hydrogen-bond acceptors (Lipinski definition) is 5. The normalized spacial score (nSPS) is 30.7. The summed E-state index contributed by atoms with van der Waals surface area (Å²) < 4.78 is 11.7. The van der Waals surface area contributed by atoms with Crippen molar-refractivity contribution in [1.82, 2.24) is 14.8 Å². The van der Waals surface area contributed by atoms with Gasteiger partial charge < -0.3 is 14.4 Å². The van der Waals surface area contributed by atoms with Gasteiger partial charge in [-0.1, -0.05) is 0 Å². The van der Waals surface area contributed by atoms with Crippen molar-refractivity contribution in [2.24, 2.45) is 5.92 Å². The fourth-order valence-corrected chi connectivity index (χ4v) is 4.43. The third-order valence-corrected chi connectivity index (χ3v) is 5.64. The number of amides is 1. The molecule has 4 rings (SSSR count). The SMILES string of the molecule is O=C(c1cccnc1)N1CCCC2(CC(CN3CCOCC3)CO2)C1. The van der Waals surface area contributed by atoms with E-state index in [1.165, 1.54) is 0 Å². The van der Waals surface area contributed by atoms with Gasteiger partial charge in [0.05, 0.1) is 31.0 Å². The van der Waals surface area contributed by atoms with Crippen molar-refractivity contribution in [2.75, 3.05) is 52.5 Å². The van der Waals surface area contributed by atoms with Gasteiger partial charge in [-0.3, -0.25) is 14.7 Å². The number of hydrogen-bond donors (Lipinski definition) is 0. The molecule has 6 nitrogen and oxygen atoms in total. The Labute approximate surface area is 149 Å². The molecule has 1 spiro atoms. The lowest BCUT2D eigenvalue weighted by atomic mass is 9.86. The van der Waals surface area contributed by atoms with Crippen molar-refractivity contribution in [3.63, 3.8) is 0 Å². The van der Waals surface area contributed by atoms with Crippen molar-refractivity contribution >= 4 is 5.91 Å². The van der Waals surface area contributed by atoms with E-state index in [2.05, 4.69) is 9.88 Å². The van der Waals surface area contributed by atoms with E-state index < -0.39 is 0 Å². The molecular weight excluding hydrogens is 318 g/mol. The number of morpholine rings is 1. The average molecular weight is 345 g/mol. The van der Waals surface area contributed by atoms with Crippen LogP contribution in [0.4, 0.5) is 0 Å². The van der Waals surface area contributed by atoms with E-state index in [1.807, 2.05) is 17.0 Å². The molecule has 4 heterocycles. The fourth-order valence-electron chi connectivity index (χ4n) is 4.43. The summed E-state index contributed by atoms with van der Waals surface area (Å²) in [7, 11) is 0. The maximum atomic E-state index is 12.7. The number of carbonyl (C=O) groups is 1. The minimum atomic E-state index is -0.146. The van der Waals surface area contributed by atoms with Crippen LogP contribution in [0.3, 0.4) is 0 Å². The molecule has 136 valence electrons. The van der Waals surface area contributed by atoms with E-state index in [9.17, 15) is 4.79 Å². The molecule has 1 aromatic rings. The Kier molecular flexibility index (Phi) is 5.01. The van der Waals surface area contributed by atoms with Crippen molar-refractivity contribution in [1.29, 1.82) is 0 Å². The number of carbonyl (C=O) groups excluding carboxylic acids is 1. The van der Waals surface area contributed by atoms with Gasteiger partial charge in [0.1, 0.15) is 0 Å². The second kappa shape index (κ2) is 7.40. The van der Waals surface area contributed by atoms with Gasteiger partial charge in [-0.25, -0.2) is 0 Å². The number of ether oxygens (including phenoxy) is 2. The molecular formula is C19H27N3O3. The molecule has 0 radical (unpaired) electrons. The largest absolute Gasteiger partial charge is 0.379 e. The number of likely N-dealkylation sites (tertiary alicyclic amines) is 1. The lowest BCUT2D eigenvalue weighted by molar-refractivity contribution is -0.0451. The lowest BCUT2D eigenvalue weighted by Gasteiger charge is -2.40. The zero-order valence-corrected chi connectivity index (χ0v) is 14.7. The van der Waals surface area contributed by atoms with Crippen LogP contribution in [0.1, 0.15) is 29.6 Å². The molecule has 0 N–H and O–H groups in total. The molecule has 3 aliphatic heterocycles. The summed E-state index contributed by atoms with van der Waals surface area (Å²) in [5.74, 6) is 0.638. The van der Waals surface area contributed by atoms with Crippen LogP contribution in [0.25, 0.3) is 0 Å². The highest BCUT2D eigenvalue weighted by atomic mass is 16.5. The Morgan fingerprint density at radius 3 is 3.00 bits per heavy atom. The van der Waals surface area contributed by atoms with Crippen LogP contribution >= 0.6 is 0 Å². The van der Waals surface area contributed by atoms with E-state index in [0.717, 1.165) is 65.3 Å². The van der Waals surface area contributed by atoms with Crippen molar-refractivity contribution in [2.45, 2.75) is 24.9 Å². The first-order valence-corrected chi connectivity index (χ1v) is 9.37. The van der Waals surface area contributed by atoms with Gasteiger partial charge in [0.2, 0.25) is 0 Å². The second-order valence-electron chi connectivity index (χ2n) is 7.55. The first-order chi connectivity index (χ1) is 12.2. The van der Waals surface area contributed by atoms with E-state index in [0.29, 0.717) is 18.0 Å². The zero-order chi connectivity index (χ0) is 17.1. The van der Waals surface area contributed by atoms with Crippen LogP contribution < -0.4 is 0 Å². The van der Waals surface area contributed by atoms with Crippen LogP contribution in [-0.4, -0.2) is 78.8 Å². The summed E-state index contributed by atoms with van der Waals surface area (Å²) >= 11 is 0. The first-order valence-electron chi connectivity index (χ1n) is 9.37. The summed E-state index contributed by atoms with van der Waals surface area (Å²) in [6.07, 6.45) is 6.48. The summed E-state index contributed by atoms with van der Waals surface area (Å²) in [5.41, 5.74) is 0.523. The number of aromatic nitrogens is 1. The zero-order valence-electron chi connectivity index (χ0n) is 14.7. The average Bonchev–Trinajstić information content (AvgIpc) is 3.04. The van der Waals surface area contributed by atoms with Gasteiger partial charge in [0.25, 0.3) is 5.91 Å². The molecule has 3 fully saturated rings. The van der Waals surface area contributed by atoms with E-state index >= 15 is 0 Å². The Morgan fingerprint density at radius 2 is 2.20 bits per heavy atom. The number of pyridine rings is 1. The predicted octanol–water partition coefficient (Wildman–Crippen LogP) is 1.43. The molecule has 2 atom stereocenters. The molecule has 0 bridgehead atoms. The molecule has 0 saturated carbocycles. The topological polar surface area (TPSA) is 54.9 Å². The van der Waals surface area contributed by atoms with Crippen LogP contribution in [0, 0.1) is 5.92 Å². The smallest absolute Gasteiger partial charge is 0.255 e. The van der Waals surface area contributed by atoms with Crippen LogP contribution in [-0.2, 0) is 9.47 Å². The number of piperidine rings is 1. The molecule has 1 aromatic heterocycles. The van der Waals surface area contributed by atoms with Gasteiger partial charge in [-0.05, 0) is 37.3 Å². The Bertz CT molecular complexity index is 591. The molecule has 25 heavy (non-hydrogen) atoms. The summed E-state index contributed by atoms with van der Waals surface area (Å²) in [5, 5.41) is 0. The molecule has 1 amide bonds. The van der Waals surface area contributed by atoms with E-state index in [1.54, 1.807) is 12.4 Å². The van der Waals surface area contributed by atoms with Crippen LogP contribution in [0.15, 0.2) is 24.5 Å². The highest BCUT2D eigenvalue weighted by Gasteiger charge is 2.44. The van der Waals surface area contributed by atoms with Gasteiger partial charge in [0.15, 0.2) is 0 Å². The van der Waals surface area contributed by atoms with Gasteiger partial charge in [0, 0.05) is 45.1 Å². The van der Waals surface area contributed by atoms with Crippen LogP contribution in [0.2, 0.25) is 0 Å². The number of rotatable bonds is 3. The number of nitrogens with zero attached hydrogens (tertiary/aromatic N) is 3. The second-order valence-corrected chi connectivity index (χ2v) is 7.55. The minimum absolute atomic E-state index is 0.0763. The molecule has 6 heteroatoms.